The number of benzene rings is 2. The molecule has 1 atom stereocenters. The Kier molecular flexibility index (Phi) is 4.88. The van der Waals surface area contributed by atoms with Gasteiger partial charge in [0.2, 0.25) is 0 Å². The van der Waals surface area contributed by atoms with E-state index >= 15 is 0 Å². The van der Waals surface area contributed by atoms with Crippen molar-refractivity contribution in [1.82, 2.24) is 9.88 Å². The first kappa shape index (κ1) is 17.3. The fourth-order valence-corrected chi connectivity index (χ4v) is 3.77. The lowest BCUT2D eigenvalue weighted by Crippen LogP contribution is -2.43. The second-order valence-corrected chi connectivity index (χ2v) is 6.96. The Balaban J connectivity index is 1.62. The minimum absolute atomic E-state index is 0.0280. The van der Waals surface area contributed by atoms with Crippen LogP contribution in [0.25, 0.3) is 0 Å². The summed E-state index contributed by atoms with van der Waals surface area (Å²) in [4.78, 5) is 19.2. The molecule has 4 rings (SSSR count). The zero-order valence-corrected chi connectivity index (χ0v) is 15.4. The molecular formula is C23H23N3O. The van der Waals surface area contributed by atoms with Crippen LogP contribution in [0.2, 0.25) is 0 Å². The zero-order chi connectivity index (χ0) is 18.6. The molecule has 2 aromatic carbocycles. The Morgan fingerprint density at radius 3 is 2.70 bits per heavy atom. The monoisotopic (exact) mass is 357 g/mol. The van der Waals surface area contributed by atoms with E-state index in [-0.39, 0.29) is 12.1 Å². The highest BCUT2D eigenvalue weighted by molar-refractivity contribution is 5.89. The van der Waals surface area contributed by atoms with Crippen molar-refractivity contribution in [3.05, 3.63) is 95.3 Å². The molecule has 0 saturated carbocycles. The van der Waals surface area contributed by atoms with Crippen molar-refractivity contribution >= 4 is 11.7 Å². The van der Waals surface area contributed by atoms with E-state index in [2.05, 4.69) is 46.7 Å². The van der Waals surface area contributed by atoms with Crippen LogP contribution in [0.1, 0.15) is 28.4 Å². The highest BCUT2D eigenvalue weighted by atomic mass is 16.2. The average Bonchev–Trinajstić information content (AvgIpc) is 2.69. The van der Waals surface area contributed by atoms with Gasteiger partial charge >= 0.3 is 6.03 Å². The number of hydrogen-bond acceptors (Lipinski definition) is 2. The van der Waals surface area contributed by atoms with Crippen LogP contribution in [0, 0.1) is 6.92 Å². The van der Waals surface area contributed by atoms with E-state index < -0.39 is 0 Å². The van der Waals surface area contributed by atoms with Crippen LogP contribution in [-0.2, 0) is 12.8 Å². The van der Waals surface area contributed by atoms with Gasteiger partial charge in [0, 0.05) is 24.1 Å². The van der Waals surface area contributed by atoms with E-state index in [4.69, 9.17) is 0 Å². The van der Waals surface area contributed by atoms with E-state index in [1.54, 1.807) is 6.20 Å². The van der Waals surface area contributed by atoms with Gasteiger partial charge in [0.1, 0.15) is 0 Å². The summed E-state index contributed by atoms with van der Waals surface area (Å²) in [5.74, 6) is 0. The van der Waals surface area contributed by atoms with Crippen molar-refractivity contribution in [2.24, 2.45) is 0 Å². The number of aromatic nitrogens is 1. The molecule has 1 aliphatic rings. The quantitative estimate of drug-likeness (QED) is 0.734. The van der Waals surface area contributed by atoms with Crippen LogP contribution in [0.15, 0.2) is 72.9 Å². The van der Waals surface area contributed by atoms with Crippen molar-refractivity contribution in [1.29, 1.82) is 0 Å². The van der Waals surface area contributed by atoms with Crippen LogP contribution >= 0.6 is 0 Å². The molecule has 136 valence electrons. The number of nitrogens with zero attached hydrogens (tertiary/aromatic N) is 2. The molecular weight excluding hydrogens is 334 g/mol. The van der Waals surface area contributed by atoms with Gasteiger partial charge in [-0.2, -0.15) is 0 Å². The van der Waals surface area contributed by atoms with Crippen LogP contribution in [-0.4, -0.2) is 22.5 Å². The summed E-state index contributed by atoms with van der Waals surface area (Å²) in [5, 5.41) is 3.05. The van der Waals surface area contributed by atoms with E-state index in [0.29, 0.717) is 6.54 Å². The van der Waals surface area contributed by atoms with Gasteiger partial charge in [-0.25, -0.2) is 4.79 Å². The largest absolute Gasteiger partial charge is 0.322 e. The molecule has 0 aliphatic carbocycles. The average molecular weight is 357 g/mol. The lowest BCUT2D eigenvalue weighted by Gasteiger charge is -2.37. The van der Waals surface area contributed by atoms with Gasteiger partial charge < -0.3 is 10.2 Å². The smallest absolute Gasteiger partial charge is 0.317 e. The molecule has 0 radical (unpaired) electrons. The number of anilines is 1. The number of rotatable bonds is 3. The van der Waals surface area contributed by atoms with Crippen molar-refractivity contribution in [2.75, 3.05) is 11.9 Å². The molecule has 0 fully saturated rings. The number of hydrogen-bond donors (Lipinski definition) is 1. The normalized spacial score (nSPS) is 15.9. The predicted octanol–water partition coefficient (Wildman–Crippen LogP) is 4.76. The fraction of sp³-hybridized carbons (Fsp3) is 0.217. The summed E-state index contributed by atoms with van der Waals surface area (Å²) in [6, 6.07) is 22.5. The SMILES string of the molecule is Cc1cc(NC(=O)N2CCc3ccccc3[C@H]2Cc2ccccc2)ccn1. The number of amides is 2. The maximum Gasteiger partial charge on any atom is 0.322 e. The number of fused-ring (bicyclic) bond motifs is 1. The summed E-state index contributed by atoms with van der Waals surface area (Å²) in [6.07, 6.45) is 3.41. The summed E-state index contributed by atoms with van der Waals surface area (Å²) in [5.41, 5.74) is 5.48. The molecule has 1 N–H and O–H groups in total. The summed E-state index contributed by atoms with van der Waals surface area (Å²) >= 11 is 0. The van der Waals surface area contributed by atoms with Gasteiger partial charge in [-0.05, 0) is 48.6 Å². The predicted molar refractivity (Wildman–Crippen MR) is 108 cm³/mol. The molecule has 4 heteroatoms. The molecule has 4 nitrogen and oxygen atoms in total. The number of nitrogens with one attached hydrogen (secondary N) is 1. The van der Waals surface area contributed by atoms with Gasteiger partial charge in [0.05, 0.1) is 6.04 Å². The second kappa shape index (κ2) is 7.62. The second-order valence-electron chi connectivity index (χ2n) is 6.96. The molecule has 0 bridgehead atoms. The first-order chi connectivity index (χ1) is 13.2. The highest BCUT2D eigenvalue weighted by Crippen LogP contribution is 2.33. The van der Waals surface area contributed by atoms with Gasteiger partial charge in [-0.1, -0.05) is 54.6 Å². The minimum atomic E-state index is -0.0592. The van der Waals surface area contributed by atoms with Crippen molar-refractivity contribution < 1.29 is 4.79 Å². The highest BCUT2D eigenvalue weighted by Gasteiger charge is 2.30. The number of pyridine rings is 1. The Bertz CT molecular complexity index is 939. The maximum absolute atomic E-state index is 13.1. The van der Waals surface area contributed by atoms with Crippen LogP contribution in [0.4, 0.5) is 10.5 Å². The molecule has 2 heterocycles. The topological polar surface area (TPSA) is 45.2 Å². The molecule has 0 saturated heterocycles. The van der Waals surface area contributed by atoms with E-state index in [1.807, 2.05) is 42.2 Å². The summed E-state index contributed by atoms with van der Waals surface area (Å²) < 4.78 is 0. The van der Waals surface area contributed by atoms with Gasteiger partial charge in [-0.15, -0.1) is 0 Å². The number of carbonyl (C=O) groups excluding carboxylic acids is 1. The van der Waals surface area contributed by atoms with Crippen molar-refractivity contribution in [3.8, 4) is 0 Å². The minimum Gasteiger partial charge on any atom is -0.317 e. The summed E-state index contributed by atoms with van der Waals surface area (Å²) in [6.45, 7) is 2.63. The zero-order valence-electron chi connectivity index (χ0n) is 15.4. The number of carbonyl (C=O) groups is 1. The van der Waals surface area contributed by atoms with Crippen LogP contribution < -0.4 is 5.32 Å². The fourth-order valence-electron chi connectivity index (χ4n) is 3.77. The molecule has 1 aliphatic heterocycles. The van der Waals surface area contributed by atoms with Crippen molar-refractivity contribution in [2.45, 2.75) is 25.8 Å². The Morgan fingerprint density at radius 2 is 1.89 bits per heavy atom. The standard InChI is InChI=1S/C23H23N3O/c1-17-15-20(11-13-24-17)25-23(27)26-14-12-19-9-5-6-10-21(19)22(26)16-18-7-3-2-4-8-18/h2-11,13,15,22H,12,14,16H2,1H3,(H,24,25,27)/t22-/m1/s1. The van der Waals surface area contributed by atoms with Crippen LogP contribution in [0.3, 0.4) is 0 Å². The van der Waals surface area contributed by atoms with Gasteiger partial charge in [-0.3, -0.25) is 4.98 Å². The maximum atomic E-state index is 13.1. The Hall–Kier alpha value is -3.14. The molecule has 3 aromatic rings. The van der Waals surface area contributed by atoms with E-state index in [1.165, 1.54) is 16.7 Å². The van der Waals surface area contributed by atoms with E-state index in [0.717, 1.165) is 24.2 Å². The third-order valence-corrected chi connectivity index (χ3v) is 5.09. The molecule has 0 spiro atoms. The Labute approximate surface area is 159 Å². The third kappa shape index (κ3) is 3.85. The molecule has 1 aromatic heterocycles. The Morgan fingerprint density at radius 1 is 1.11 bits per heavy atom. The lowest BCUT2D eigenvalue weighted by molar-refractivity contribution is 0.182. The molecule has 0 unspecified atom stereocenters. The molecule has 2 amide bonds. The van der Waals surface area contributed by atoms with Gasteiger partial charge in [0.25, 0.3) is 0 Å². The van der Waals surface area contributed by atoms with E-state index in [9.17, 15) is 4.79 Å². The first-order valence-corrected chi connectivity index (χ1v) is 9.33. The lowest BCUT2D eigenvalue weighted by atomic mass is 9.89. The number of aryl methyl sites for hydroxylation is 1. The summed E-state index contributed by atoms with van der Waals surface area (Å²) in [7, 11) is 0. The van der Waals surface area contributed by atoms with Crippen molar-refractivity contribution in [3.63, 3.8) is 0 Å². The number of urea groups is 1. The van der Waals surface area contributed by atoms with Crippen LogP contribution in [0.5, 0.6) is 0 Å². The van der Waals surface area contributed by atoms with Gasteiger partial charge in [0.15, 0.2) is 0 Å². The molecule has 27 heavy (non-hydrogen) atoms. The first-order valence-electron chi connectivity index (χ1n) is 9.33. The third-order valence-electron chi connectivity index (χ3n) is 5.09.